The highest BCUT2D eigenvalue weighted by Crippen LogP contribution is 2.08. The molecule has 0 atom stereocenters. The molecule has 1 aromatic heterocycles. The molecule has 4 heteroatoms. The van der Waals surface area contributed by atoms with Crippen LogP contribution < -0.4 is 9.88 Å². The highest BCUT2D eigenvalue weighted by Gasteiger charge is 2.13. The average Bonchev–Trinajstić information content (AvgIpc) is 2.44. The van der Waals surface area contributed by atoms with E-state index in [-0.39, 0.29) is 18.3 Å². The maximum Gasteiger partial charge on any atom is 0.290 e. The summed E-state index contributed by atoms with van der Waals surface area (Å²) in [5, 5.41) is 2.76. The number of hydrogen-bond acceptors (Lipinski definition) is 1. The second-order valence-corrected chi connectivity index (χ2v) is 4.72. The summed E-state index contributed by atoms with van der Waals surface area (Å²) < 4.78 is 14.7. The third-order valence-corrected chi connectivity index (χ3v) is 3.16. The first-order valence-corrected chi connectivity index (χ1v) is 6.63. The highest BCUT2D eigenvalue weighted by atomic mass is 19.1. The Morgan fingerprint density at radius 1 is 1.20 bits per heavy atom. The van der Waals surface area contributed by atoms with Crippen LogP contribution in [0.5, 0.6) is 0 Å². The van der Waals surface area contributed by atoms with Gasteiger partial charge in [-0.15, -0.1) is 0 Å². The number of rotatable bonds is 4. The van der Waals surface area contributed by atoms with E-state index in [9.17, 15) is 9.18 Å². The van der Waals surface area contributed by atoms with Crippen LogP contribution >= 0.6 is 0 Å². The summed E-state index contributed by atoms with van der Waals surface area (Å²) in [6, 6.07) is 9.81. The van der Waals surface area contributed by atoms with Gasteiger partial charge < -0.3 is 5.32 Å². The molecule has 20 heavy (non-hydrogen) atoms. The Labute approximate surface area is 118 Å². The van der Waals surface area contributed by atoms with E-state index in [1.165, 1.54) is 17.7 Å². The predicted octanol–water partition coefficient (Wildman–Crippen LogP) is 2.62. The fourth-order valence-electron chi connectivity index (χ4n) is 1.94. The van der Waals surface area contributed by atoms with Gasteiger partial charge in [0.25, 0.3) is 5.91 Å². The van der Waals surface area contributed by atoms with Gasteiger partial charge in [-0.25, -0.2) is 4.39 Å². The van der Waals surface area contributed by atoms with Gasteiger partial charge in [-0.05, 0) is 36.8 Å². The predicted molar refractivity (Wildman–Crippen MR) is 75.8 cm³/mol. The SMILES string of the molecule is CCc1ccc(C)[n+](CC(=O)Nc2ccc(F)cc2)c1. The molecule has 0 spiro atoms. The van der Waals surface area contributed by atoms with Gasteiger partial charge in [-0.3, -0.25) is 4.79 Å². The first kappa shape index (κ1) is 14.2. The van der Waals surface area contributed by atoms with Crippen molar-refractivity contribution in [1.82, 2.24) is 0 Å². The molecule has 0 saturated carbocycles. The smallest absolute Gasteiger partial charge is 0.290 e. The van der Waals surface area contributed by atoms with Gasteiger partial charge in [0.15, 0.2) is 11.9 Å². The maximum absolute atomic E-state index is 12.8. The van der Waals surface area contributed by atoms with E-state index in [2.05, 4.69) is 18.3 Å². The molecule has 0 aliphatic heterocycles. The van der Waals surface area contributed by atoms with Gasteiger partial charge in [-0.2, -0.15) is 4.57 Å². The molecule has 2 aromatic rings. The molecule has 0 radical (unpaired) electrons. The first-order valence-electron chi connectivity index (χ1n) is 6.63. The van der Waals surface area contributed by atoms with Gasteiger partial charge in [0.05, 0.1) is 0 Å². The lowest BCUT2D eigenvalue weighted by Gasteiger charge is -2.05. The summed E-state index contributed by atoms with van der Waals surface area (Å²) in [5.41, 5.74) is 2.81. The zero-order valence-electron chi connectivity index (χ0n) is 11.7. The van der Waals surface area contributed by atoms with Crippen molar-refractivity contribution in [2.45, 2.75) is 26.8 Å². The number of aromatic nitrogens is 1. The van der Waals surface area contributed by atoms with E-state index in [0.717, 1.165) is 12.1 Å². The van der Waals surface area contributed by atoms with E-state index in [1.54, 1.807) is 12.1 Å². The molecular weight excluding hydrogens is 255 g/mol. The summed E-state index contributed by atoms with van der Waals surface area (Å²) in [7, 11) is 0. The number of aryl methyl sites for hydroxylation is 2. The zero-order valence-corrected chi connectivity index (χ0v) is 11.7. The number of halogens is 1. The van der Waals surface area contributed by atoms with Crippen molar-refractivity contribution in [3.05, 3.63) is 59.7 Å². The van der Waals surface area contributed by atoms with Crippen LogP contribution in [0.1, 0.15) is 18.2 Å². The Bertz CT molecular complexity index is 608. The summed E-state index contributed by atoms with van der Waals surface area (Å²) in [6.45, 7) is 4.29. The molecule has 1 heterocycles. The van der Waals surface area contributed by atoms with Crippen molar-refractivity contribution < 1.29 is 13.8 Å². The summed E-state index contributed by atoms with van der Waals surface area (Å²) in [6.07, 6.45) is 2.92. The van der Waals surface area contributed by atoms with Gasteiger partial charge in [0.2, 0.25) is 6.54 Å². The Morgan fingerprint density at radius 2 is 1.90 bits per heavy atom. The number of pyridine rings is 1. The number of nitrogens with one attached hydrogen (secondary N) is 1. The van der Waals surface area contributed by atoms with Gasteiger partial charge >= 0.3 is 0 Å². The summed E-state index contributed by atoms with van der Waals surface area (Å²) >= 11 is 0. The van der Waals surface area contributed by atoms with Gasteiger partial charge in [-0.1, -0.05) is 6.92 Å². The zero-order chi connectivity index (χ0) is 14.5. The minimum absolute atomic E-state index is 0.127. The third-order valence-electron chi connectivity index (χ3n) is 3.16. The number of amides is 1. The number of benzene rings is 1. The van der Waals surface area contributed by atoms with Crippen molar-refractivity contribution in [3.63, 3.8) is 0 Å². The number of hydrogen-bond donors (Lipinski definition) is 1. The lowest BCUT2D eigenvalue weighted by atomic mass is 10.2. The topological polar surface area (TPSA) is 33.0 Å². The number of anilines is 1. The molecule has 0 unspecified atom stereocenters. The molecule has 2 rings (SSSR count). The fourth-order valence-corrected chi connectivity index (χ4v) is 1.94. The standard InChI is InChI=1S/C16H17FN2O/c1-3-13-5-4-12(2)19(10-13)11-16(20)18-15-8-6-14(17)7-9-15/h4-10H,3,11H2,1-2H3/p+1. The van der Waals surface area contributed by atoms with Gasteiger partial charge in [0.1, 0.15) is 5.82 Å². The minimum atomic E-state index is -0.316. The molecule has 0 aliphatic carbocycles. The van der Waals surface area contributed by atoms with Crippen molar-refractivity contribution >= 4 is 11.6 Å². The Kier molecular flexibility index (Phi) is 4.45. The second kappa shape index (κ2) is 6.28. The number of carbonyl (C=O) groups is 1. The molecule has 0 saturated heterocycles. The molecule has 1 aromatic carbocycles. The normalized spacial score (nSPS) is 10.3. The van der Waals surface area contributed by atoms with Crippen LogP contribution in [0.15, 0.2) is 42.6 Å². The average molecular weight is 273 g/mol. The monoisotopic (exact) mass is 273 g/mol. The Balaban J connectivity index is 2.06. The Morgan fingerprint density at radius 3 is 2.55 bits per heavy atom. The lowest BCUT2D eigenvalue weighted by Crippen LogP contribution is -2.43. The molecule has 1 N–H and O–H groups in total. The van der Waals surface area contributed by atoms with Crippen LogP contribution in [0, 0.1) is 12.7 Å². The quantitative estimate of drug-likeness (QED) is 0.853. The van der Waals surface area contributed by atoms with Crippen LogP contribution in [0.3, 0.4) is 0 Å². The molecular formula is C16H18FN2O+. The van der Waals surface area contributed by atoms with Crippen LogP contribution in [-0.4, -0.2) is 5.91 Å². The fraction of sp³-hybridized carbons (Fsp3) is 0.250. The number of nitrogens with zero attached hydrogens (tertiary/aromatic N) is 1. The highest BCUT2D eigenvalue weighted by molar-refractivity contribution is 5.89. The van der Waals surface area contributed by atoms with Crippen LogP contribution in [0.2, 0.25) is 0 Å². The first-order chi connectivity index (χ1) is 9.58. The lowest BCUT2D eigenvalue weighted by molar-refractivity contribution is -0.690. The van der Waals surface area contributed by atoms with Crippen LogP contribution in [0.25, 0.3) is 0 Å². The van der Waals surface area contributed by atoms with E-state index >= 15 is 0 Å². The molecule has 1 amide bonds. The van der Waals surface area contributed by atoms with Crippen molar-refractivity contribution in [2.24, 2.45) is 0 Å². The maximum atomic E-state index is 12.8. The van der Waals surface area contributed by atoms with E-state index in [1.807, 2.05) is 23.8 Å². The molecule has 0 bridgehead atoms. The van der Waals surface area contributed by atoms with Crippen molar-refractivity contribution in [2.75, 3.05) is 5.32 Å². The van der Waals surface area contributed by atoms with E-state index in [4.69, 9.17) is 0 Å². The van der Waals surface area contributed by atoms with E-state index in [0.29, 0.717) is 5.69 Å². The third kappa shape index (κ3) is 3.63. The van der Waals surface area contributed by atoms with E-state index < -0.39 is 0 Å². The van der Waals surface area contributed by atoms with Crippen LogP contribution in [0.4, 0.5) is 10.1 Å². The molecule has 0 aliphatic rings. The largest absolute Gasteiger partial charge is 0.321 e. The van der Waals surface area contributed by atoms with Gasteiger partial charge in [0, 0.05) is 24.2 Å². The van der Waals surface area contributed by atoms with Crippen LogP contribution in [-0.2, 0) is 17.8 Å². The van der Waals surface area contributed by atoms with Crippen molar-refractivity contribution in [1.29, 1.82) is 0 Å². The molecule has 3 nitrogen and oxygen atoms in total. The Hall–Kier alpha value is -2.23. The number of carbonyl (C=O) groups excluding carboxylic acids is 1. The second-order valence-electron chi connectivity index (χ2n) is 4.72. The molecule has 104 valence electrons. The van der Waals surface area contributed by atoms with Crippen molar-refractivity contribution in [3.8, 4) is 0 Å². The summed E-state index contributed by atoms with van der Waals surface area (Å²) in [4.78, 5) is 12.0. The summed E-state index contributed by atoms with van der Waals surface area (Å²) in [5.74, 6) is -0.443. The molecule has 0 fully saturated rings. The minimum Gasteiger partial charge on any atom is -0.321 e.